The van der Waals surface area contributed by atoms with Gasteiger partial charge in [0.05, 0.1) is 6.10 Å². The Balaban J connectivity index is 1.76. The van der Waals surface area contributed by atoms with E-state index in [2.05, 4.69) is 17.1 Å². The maximum atomic E-state index is 5.66. The van der Waals surface area contributed by atoms with Crippen LogP contribution in [0.5, 0.6) is 0 Å². The Bertz CT molecular complexity index is 369. The predicted octanol–water partition coefficient (Wildman–Crippen LogP) is 2.49. The second-order valence-corrected chi connectivity index (χ2v) is 5.71. The molecule has 0 aliphatic carbocycles. The second-order valence-electron chi connectivity index (χ2n) is 5.71. The average molecular weight is 281 g/mol. The van der Waals surface area contributed by atoms with Gasteiger partial charge in [0.1, 0.15) is 0 Å². The van der Waals surface area contributed by atoms with Crippen LogP contribution in [-0.2, 0) is 17.6 Å². The molecule has 20 heavy (non-hydrogen) atoms. The summed E-state index contributed by atoms with van der Waals surface area (Å²) in [5, 5.41) is 4.06. The first-order valence-corrected chi connectivity index (χ1v) is 7.95. The first-order chi connectivity index (χ1) is 9.81. The minimum Gasteiger partial charge on any atom is -0.378 e. The third-order valence-electron chi connectivity index (χ3n) is 3.98. The molecule has 5 heteroatoms. The summed E-state index contributed by atoms with van der Waals surface area (Å²) in [5.74, 6) is 2.23. The Morgan fingerprint density at radius 2 is 2.25 bits per heavy atom. The van der Waals surface area contributed by atoms with Gasteiger partial charge in [-0.1, -0.05) is 24.9 Å². The zero-order valence-electron chi connectivity index (χ0n) is 12.5. The first kappa shape index (κ1) is 15.4. The number of hydrogen-bond acceptors (Lipinski definition) is 5. The van der Waals surface area contributed by atoms with Crippen molar-refractivity contribution in [3.8, 4) is 0 Å². The molecule has 2 atom stereocenters. The Morgan fingerprint density at radius 1 is 1.35 bits per heavy atom. The summed E-state index contributed by atoms with van der Waals surface area (Å²) in [5.41, 5.74) is 5.66. The molecule has 2 heterocycles. The van der Waals surface area contributed by atoms with Crippen molar-refractivity contribution in [1.29, 1.82) is 0 Å². The van der Waals surface area contributed by atoms with Crippen LogP contribution in [-0.4, -0.2) is 29.4 Å². The quantitative estimate of drug-likeness (QED) is 0.752. The Labute approximate surface area is 121 Å². The number of hydrogen-bond donors (Lipinski definition) is 1. The van der Waals surface area contributed by atoms with Gasteiger partial charge < -0.3 is 15.0 Å². The van der Waals surface area contributed by atoms with E-state index in [1.54, 1.807) is 0 Å². The number of aromatic nitrogens is 2. The lowest BCUT2D eigenvalue weighted by molar-refractivity contribution is 0.109. The molecule has 2 unspecified atom stereocenters. The summed E-state index contributed by atoms with van der Waals surface area (Å²) in [4.78, 5) is 4.48. The topological polar surface area (TPSA) is 74.2 Å². The van der Waals surface area contributed by atoms with Gasteiger partial charge in [-0.25, -0.2) is 0 Å². The number of ether oxygens (including phenoxy) is 1. The monoisotopic (exact) mass is 281 g/mol. The molecule has 0 saturated carbocycles. The molecule has 1 aliphatic heterocycles. The molecule has 0 amide bonds. The zero-order valence-corrected chi connectivity index (χ0v) is 12.5. The molecule has 2 rings (SSSR count). The van der Waals surface area contributed by atoms with Gasteiger partial charge in [0.2, 0.25) is 5.89 Å². The van der Waals surface area contributed by atoms with E-state index in [4.69, 9.17) is 15.0 Å². The Hall–Kier alpha value is -0.940. The van der Waals surface area contributed by atoms with Gasteiger partial charge in [-0.2, -0.15) is 4.98 Å². The largest absolute Gasteiger partial charge is 0.378 e. The molecule has 5 nitrogen and oxygen atoms in total. The summed E-state index contributed by atoms with van der Waals surface area (Å²) >= 11 is 0. The number of nitrogens with two attached hydrogens (primary N) is 1. The van der Waals surface area contributed by atoms with Crippen molar-refractivity contribution < 1.29 is 9.26 Å². The second kappa shape index (κ2) is 8.37. The average Bonchev–Trinajstić information content (AvgIpc) is 3.09. The number of aryl methyl sites for hydroxylation is 1. The molecule has 0 spiro atoms. The van der Waals surface area contributed by atoms with Gasteiger partial charge in [0, 0.05) is 19.4 Å². The Kier molecular flexibility index (Phi) is 6.47. The van der Waals surface area contributed by atoms with Crippen molar-refractivity contribution in [3.63, 3.8) is 0 Å². The fourth-order valence-corrected chi connectivity index (χ4v) is 2.89. The highest BCUT2D eigenvalue weighted by molar-refractivity contribution is 4.90. The molecule has 1 aromatic rings. The SMILES string of the molecule is CCCC(CCN)CCc1nc(CC2CCCO2)no1. The molecular formula is C15H27N3O2. The van der Waals surface area contributed by atoms with E-state index in [9.17, 15) is 0 Å². The van der Waals surface area contributed by atoms with E-state index in [1.165, 1.54) is 12.8 Å². The van der Waals surface area contributed by atoms with E-state index >= 15 is 0 Å². The molecule has 1 aromatic heterocycles. The standard InChI is InChI=1S/C15H27N3O2/c1-2-4-12(8-9-16)6-7-15-17-14(18-20-15)11-13-5-3-10-19-13/h12-13H,2-11,16H2,1H3. The van der Waals surface area contributed by atoms with Gasteiger partial charge in [0.15, 0.2) is 5.82 Å². The molecule has 2 N–H and O–H groups in total. The molecule has 0 bridgehead atoms. The van der Waals surface area contributed by atoms with Crippen LogP contribution in [0.4, 0.5) is 0 Å². The summed E-state index contributed by atoms with van der Waals surface area (Å²) < 4.78 is 10.9. The fraction of sp³-hybridized carbons (Fsp3) is 0.867. The zero-order chi connectivity index (χ0) is 14.2. The fourth-order valence-electron chi connectivity index (χ4n) is 2.89. The third-order valence-corrected chi connectivity index (χ3v) is 3.98. The predicted molar refractivity (Wildman–Crippen MR) is 77.4 cm³/mol. The van der Waals surface area contributed by atoms with E-state index in [0.717, 1.165) is 63.4 Å². The molecule has 0 aromatic carbocycles. The van der Waals surface area contributed by atoms with E-state index in [1.807, 2.05) is 0 Å². The number of nitrogens with zero attached hydrogens (tertiary/aromatic N) is 2. The van der Waals surface area contributed by atoms with Gasteiger partial charge in [-0.05, 0) is 38.1 Å². The van der Waals surface area contributed by atoms with Crippen molar-refractivity contribution in [3.05, 3.63) is 11.7 Å². The number of rotatable bonds is 9. The van der Waals surface area contributed by atoms with Crippen LogP contribution >= 0.6 is 0 Å². The maximum Gasteiger partial charge on any atom is 0.226 e. The van der Waals surface area contributed by atoms with Crippen LogP contribution in [0.3, 0.4) is 0 Å². The third kappa shape index (κ3) is 4.87. The van der Waals surface area contributed by atoms with Gasteiger partial charge in [-0.3, -0.25) is 0 Å². The van der Waals surface area contributed by atoms with E-state index < -0.39 is 0 Å². The molecule has 1 saturated heterocycles. The van der Waals surface area contributed by atoms with Crippen molar-refractivity contribution >= 4 is 0 Å². The van der Waals surface area contributed by atoms with Crippen molar-refractivity contribution in [2.75, 3.05) is 13.2 Å². The highest BCUT2D eigenvalue weighted by Gasteiger charge is 2.19. The van der Waals surface area contributed by atoms with Gasteiger partial charge in [0.25, 0.3) is 0 Å². The maximum absolute atomic E-state index is 5.66. The summed E-state index contributed by atoms with van der Waals surface area (Å²) in [7, 11) is 0. The van der Waals surface area contributed by atoms with Crippen LogP contribution in [0.25, 0.3) is 0 Å². The molecular weight excluding hydrogens is 254 g/mol. The molecule has 114 valence electrons. The minimum absolute atomic E-state index is 0.283. The highest BCUT2D eigenvalue weighted by Crippen LogP contribution is 2.19. The van der Waals surface area contributed by atoms with E-state index in [-0.39, 0.29) is 6.10 Å². The van der Waals surface area contributed by atoms with Crippen LogP contribution in [0, 0.1) is 5.92 Å². The van der Waals surface area contributed by atoms with Crippen LogP contribution in [0.2, 0.25) is 0 Å². The summed E-state index contributed by atoms with van der Waals surface area (Å²) in [6.45, 7) is 3.85. The lowest BCUT2D eigenvalue weighted by Crippen LogP contribution is -2.10. The van der Waals surface area contributed by atoms with Crippen LogP contribution < -0.4 is 5.73 Å². The Morgan fingerprint density at radius 3 is 2.95 bits per heavy atom. The van der Waals surface area contributed by atoms with Gasteiger partial charge in [-0.15, -0.1) is 0 Å². The summed E-state index contributed by atoms with van der Waals surface area (Å²) in [6, 6.07) is 0. The van der Waals surface area contributed by atoms with Crippen LogP contribution in [0.1, 0.15) is 57.2 Å². The summed E-state index contributed by atoms with van der Waals surface area (Å²) in [6.07, 6.45) is 8.80. The van der Waals surface area contributed by atoms with Crippen molar-refractivity contribution in [2.45, 2.75) is 64.4 Å². The van der Waals surface area contributed by atoms with Crippen molar-refractivity contribution in [2.24, 2.45) is 11.7 Å². The van der Waals surface area contributed by atoms with Crippen molar-refractivity contribution in [1.82, 2.24) is 10.1 Å². The normalized spacial score (nSPS) is 20.4. The van der Waals surface area contributed by atoms with Crippen LogP contribution in [0.15, 0.2) is 4.52 Å². The smallest absolute Gasteiger partial charge is 0.226 e. The molecule has 0 radical (unpaired) electrons. The molecule has 1 fully saturated rings. The molecule has 1 aliphatic rings. The van der Waals surface area contributed by atoms with Gasteiger partial charge >= 0.3 is 0 Å². The highest BCUT2D eigenvalue weighted by atomic mass is 16.5. The minimum atomic E-state index is 0.283. The lowest BCUT2D eigenvalue weighted by Gasteiger charge is -2.13. The lowest BCUT2D eigenvalue weighted by atomic mass is 9.94. The van der Waals surface area contributed by atoms with E-state index in [0.29, 0.717) is 5.92 Å². The first-order valence-electron chi connectivity index (χ1n) is 7.95.